The molecule has 126 valence electrons. The highest BCUT2D eigenvalue weighted by atomic mass is 32.2. The molecule has 1 aromatic carbocycles. The molecule has 2 heterocycles. The molecular formula is C18H22N4OS. The molecule has 24 heavy (non-hydrogen) atoms. The summed E-state index contributed by atoms with van der Waals surface area (Å²) >= 11 is 1.96. The molecule has 1 fully saturated rings. The van der Waals surface area contributed by atoms with E-state index in [-0.39, 0.29) is 0 Å². The minimum Gasteiger partial charge on any atom is -0.487 e. The number of pyridine rings is 1. The summed E-state index contributed by atoms with van der Waals surface area (Å²) in [5.74, 6) is 3.58. The fraction of sp³-hybridized carbons (Fsp3) is 0.333. The number of hydrogen-bond donors (Lipinski definition) is 1. The zero-order chi connectivity index (χ0) is 16.6. The number of aromatic nitrogens is 1. The van der Waals surface area contributed by atoms with Crippen molar-refractivity contribution in [2.75, 3.05) is 24.6 Å². The molecule has 5 nitrogen and oxygen atoms in total. The Hall–Kier alpha value is -2.21. The van der Waals surface area contributed by atoms with Gasteiger partial charge in [-0.05, 0) is 11.6 Å². The van der Waals surface area contributed by atoms with Gasteiger partial charge in [-0.3, -0.25) is 4.98 Å². The molecule has 3 rings (SSSR count). The smallest absolute Gasteiger partial charge is 0.191 e. The van der Waals surface area contributed by atoms with Crippen LogP contribution < -0.4 is 10.5 Å². The quantitative estimate of drug-likeness (QED) is 0.668. The van der Waals surface area contributed by atoms with Crippen LogP contribution in [0.5, 0.6) is 5.75 Å². The lowest BCUT2D eigenvalue weighted by Gasteiger charge is -2.27. The zero-order valence-corrected chi connectivity index (χ0v) is 14.4. The minimum atomic E-state index is 0.502. The molecule has 0 saturated carbocycles. The fourth-order valence-corrected chi connectivity index (χ4v) is 3.37. The highest BCUT2D eigenvalue weighted by Crippen LogP contribution is 2.19. The molecule has 1 aromatic heterocycles. The second-order valence-electron chi connectivity index (χ2n) is 5.53. The van der Waals surface area contributed by atoms with Crippen molar-refractivity contribution in [2.24, 2.45) is 10.7 Å². The molecular weight excluding hydrogens is 320 g/mol. The van der Waals surface area contributed by atoms with Crippen molar-refractivity contribution in [3.8, 4) is 5.75 Å². The Morgan fingerprint density at radius 1 is 1.21 bits per heavy atom. The minimum absolute atomic E-state index is 0.502. The van der Waals surface area contributed by atoms with Gasteiger partial charge in [0.25, 0.3) is 0 Å². The molecule has 1 aliphatic heterocycles. The summed E-state index contributed by atoms with van der Waals surface area (Å²) in [6.45, 7) is 2.95. The lowest BCUT2D eigenvalue weighted by molar-refractivity contribution is 0.301. The van der Waals surface area contributed by atoms with Crippen LogP contribution in [0.15, 0.2) is 53.8 Å². The second-order valence-corrected chi connectivity index (χ2v) is 6.76. The number of nitrogens with two attached hydrogens (primary N) is 1. The number of thioether (sulfide) groups is 1. The van der Waals surface area contributed by atoms with Crippen molar-refractivity contribution in [2.45, 2.75) is 13.2 Å². The summed E-state index contributed by atoms with van der Waals surface area (Å²) in [7, 11) is 0. The lowest BCUT2D eigenvalue weighted by Crippen LogP contribution is -2.42. The number of aliphatic imine (C=N–C) groups is 1. The van der Waals surface area contributed by atoms with Crippen molar-refractivity contribution < 1.29 is 4.74 Å². The molecule has 6 heteroatoms. The molecule has 0 amide bonds. The third-order valence-electron chi connectivity index (χ3n) is 3.85. The Kier molecular flexibility index (Phi) is 5.96. The first-order chi connectivity index (χ1) is 11.8. The molecule has 2 N–H and O–H groups in total. The van der Waals surface area contributed by atoms with Crippen molar-refractivity contribution in [3.63, 3.8) is 0 Å². The van der Waals surface area contributed by atoms with Crippen LogP contribution in [0.4, 0.5) is 0 Å². The van der Waals surface area contributed by atoms with E-state index in [9.17, 15) is 0 Å². The van der Waals surface area contributed by atoms with E-state index in [1.807, 2.05) is 48.2 Å². The zero-order valence-electron chi connectivity index (χ0n) is 13.6. The maximum atomic E-state index is 6.12. The molecule has 0 radical (unpaired) electrons. The van der Waals surface area contributed by atoms with E-state index in [0.29, 0.717) is 19.1 Å². The number of hydrogen-bond acceptors (Lipinski definition) is 4. The van der Waals surface area contributed by atoms with Crippen molar-refractivity contribution in [3.05, 3.63) is 59.9 Å². The van der Waals surface area contributed by atoms with E-state index < -0.39 is 0 Å². The maximum Gasteiger partial charge on any atom is 0.191 e. The highest BCUT2D eigenvalue weighted by molar-refractivity contribution is 7.99. The topological polar surface area (TPSA) is 63.7 Å². The van der Waals surface area contributed by atoms with Crippen LogP contribution in [0.2, 0.25) is 0 Å². The number of rotatable bonds is 5. The third kappa shape index (κ3) is 4.64. The van der Waals surface area contributed by atoms with Gasteiger partial charge in [0, 0.05) is 36.4 Å². The molecule has 0 aliphatic carbocycles. The lowest BCUT2D eigenvalue weighted by atomic mass is 10.2. The van der Waals surface area contributed by atoms with Gasteiger partial charge >= 0.3 is 0 Å². The van der Waals surface area contributed by atoms with Gasteiger partial charge in [-0.25, -0.2) is 4.99 Å². The number of benzene rings is 1. The van der Waals surface area contributed by atoms with Crippen LogP contribution in [0, 0.1) is 0 Å². The first-order valence-electron chi connectivity index (χ1n) is 8.05. The molecule has 0 bridgehead atoms. The summed E-state index contributed by atoms with van der Waals surface area (Å²) in [4.78, 5) is 10.8. The van der Waals surface area contributed by atoms with Crippen LogP contribution in [0.25, 0.3) is 0 Å². The molecule has 1 saturated heterocycles. The molecule has 0 atom stereocenters. The third-order valence-corrected chi connectivity index (χ3v) is 4.80. The van der Waals surface area contributed by atoms with Crippen molar-refractivity contribution in [1.82, 2.24) is 9.88 Å². The Balaban J connectivity index is 1.63. The average molecular weight is 342 g/mol. The van der Waals surface area contributed by atoms with Crippen molar-refractivity contribution >= 4 is 17.7 Å². The number of ether oxygens (including phenoxy) is 1. The van der Waals surface area contributed by atoms with Crippen LogP contribution in [0.3, 0.4) is 0 Å². The van der Waals surface area contributed by atoms with E-state index >= 15 is 0 Å². The summed E-state index contributed by atoms with van der Waals surface area (Å²) in [5.41, 5.74) is 8.24. The molecule has 2 aromatic rings. The Labute approximate surface area is 146 Å². The summed E-state index contributed by atoms with van der Waals surface area (Å²) in [5, 5.41) is 0. The first-order valence-corrected chi connectivity index (χ1v) is 9.20. The van der Waals surface area contributed by atoms with E-state index in [1.54, 1.807) is 12.4 Å². The van der Waals surface area contributed by atoms with E-state index in [2.05, 4.69) is 14.9 Å². The monoisotopic (exact) mass is 342 g/mol. The predicted molar refractivity (Wildman–Crippen MR) is 99.2 cm³/mol. The van der Waals surface area contributed by atoms with Crippen molar-refractivity contribution in [1.29, 1.82) is 0 Å². The summed E-state index contributed by atoms with van der Waals surface area (Å²) < 4.78 is 5.91. The van der Waals surface area contributed by atoms with Gasteiger partial charge in [0.05, 0.1) is 12.7 Å². The Bertz CT molecular complexity index is 672. The average Bonchev–Trinajstić information content (AvgIpc) is 2.66. The van der Waals surface area contributed by atoms with E-state index in [0.717, 1.165) is 41.5 Å². The van der Waals surface area contributed by atoms with Gasteiger partial charge in [0.15, 0.2) is 5.96 Å². The van der Waals surface area contributed by atoms with Crippen LogP contribution >= 0.6 is 11.8 Å². The number of nitrogens with zero attached hydrogens (tertiary/aromatic N) is 3. The van der Waals surface area contributed by atoms with E-state index in [1.165, 1.54) is 0 Å². The molecule has 0 spiro atoms. The second kappa shape index (κ2) is 8.59. The van der Waals surface area contributed by atoms with Gasteiger partial charge in [-0.2, -0.15) is 11.8 Å². The Morgan fingerprint density at radius 3 is 2.79 bits per heavy atom. The normalized spacial score (nSPS) is 15.3. The Morgan fingerprint density at radius 2 is 2.00 bits per heavy atom. The maximum absolute atomic E-state index is 6.12. The van der Waals surface area contributed by atoms with Crippen LogP contribution in [0.1, 0.15) is 11.1 Å². The van der Waals surface area contributed by atoms with Gasteiger partial charge in [0.1, 0.15) is 12.4 Å². The standard InChI is InChI=1S/C18H22N4OS/c19-18(22-8-10-24-11-9-22)21-12-16-6-7-20-13-17(16)23-14-15-4-2-1-3-5-15/h1-7,13H,8-12,14H2,(H2,19,21). The van der Waals surface area contributed by atoms with Gasteiger partial charge < -0.3 is 15.4 Å². The van der Waals surface area contributed by atoms with Crippen LogP contribution in [-0.2, 0) is 13.2 Å². The van der Waals surface area contributed by atoms with Gasteiger partial charge in [0.2, 0.25) is 0 Å². The van der Waals surface area contributed by atoms with Gasteiger partial charge in [-0.1, -0.05) is 30.3 Å². The first kappa shape index (κ1) is 16.6. The SMILES string of the molecule is NC(=NCc1ccncc1OCc1ccccc1)N1CCSCC1. The summed E-state index contributed by atoms with van der Waals surface area (Å²) in [6, 6.07) is 12.0. The largest absolute Gasteiger partial charge is 0.487 e. The predicted octanol–water partition coefficient (Wildman–Crippen LogP) is 2.52. The van der Waals surface area contributed by atoms with E-state index in [4.69, 9.17) is 10.5 Å². The summed E-state index contributed by atoms with van der Waals surface area (Å²) in [6.07, 6.45) is 3.50. The molecule has 1 aliphatic rings. The van der Waals surface area contributed by atoms with Crippen LogP contribution in [-0.4, -0.2) is 40.4 Å². The fourth-order valence-electron chi connectivity index (χ4n) is 2.46. The highest BCUT2D eigenvalue weighted by Gasteiger charge is 2.12. The number of guanidine groups is 1. The van der Waals surface area contributed by atoms with Gasteiger partial charge in [-0.15, -0.1) is 0 Å². The molecule has 0 unspecified atom stereocenters.